The third-order valence-electron chi connectivity index (χ3n) is 3.04. The maximum absolute atomic E-state index is 12.9. The van der Waals surface area contributed by atoms with E-state index in [1.807, 2.05) is 0 Å². The number of hydrogen-bond acceptors (Lipinski definition) is 6. The van der Waals surface area contributed by atoms with Crippen LogP contribution in [0, 0.1) is 5.82 Å². The Balaban J connectivity index is 1.73. The van der Waals surface area contributed by atoms with Gasteiger partial charge in [-0.3, -0.25) is 4.79 Å². The van der Waals surface area contributed by atoms with E-state index in [9.17, 15) is 14.3 Å². The summed E-state index contributed by atoms with van der Waals surface area (Å²) in [7, 11) is 0. The van der Waals surface area contributed by atoms with Gasteiger partial charge in [-0.2, -0.15) is 0 Å². The van der Waals surface area contributed by atoms with Gasteiger partial charge in [-0.05, 0) is 29.8 Å². The largest absolute Gasteiger partial charge is 0.504 e. The zero-order valence-electron chi connectivity index (χ0n) is 11.8. The van der Waals surface area contributed by atoms with E-state index < -0.39 is 5.78 Å². The molecule has 116 valence electrons. The Hall–Kier alpha value is -2.80. The molecule has 2 heterocycles. The molecule has 0 unspecified atom stereocenters. The highest BCUT2D eigenvalue weighted by molar-refractivity contribution is 7.11. The molecular formula is C16H11FN2O3S. The molecule has 3 rings (SSSR count). The lowest BCUT2D eigenvalue weighted by atomic mass is 10.1. The number of rotatable bonds is 5. The lowest BCUT2D eigenvalue weighted by Crippen LogP contribution is -1.95. The lowest BCUT2D eigenvalue weighted by Gasteiger charge is -1.99. The number of nitrogens with zero attached hydrogens (tertiary/aromatic N) is 2. The van der Waals surface area contributed by atoms with Crippen LogP contribution in [0.15, 0.2) is 52.4 Å². The van der Waals surface area contributed by atoms with Crippen molar-refractivity contribution < 1.29 is 18.7 Å². The normalized spacial score (nSPS) is 11.6. The lowest BCUT2D eigenvalue weighted by molar-refractivity contribution is 0.104. The third kappa shape index (κ3) is 3.70. The molecule has 23 heavy (non-hydrogen) atoms. The third-order valence-corrected chi connectivity index (χ3v) is 3.75. The molecule has 0 aliphatic heterocycles. The number of aliphatic hydroxyl groups is 1. The Morgan fingerprint density at radius 1 is 1.26 bits per heavy atom. The summed E-state index contributed by atoms with van der Waals surface area (Å²) in [6, 6.07) is 9.32. The van der Waals surface area contributed by atoms with Crippen LogP contribution < -0.4 is 0 Å². The maximum atomic E-state index is 12.9. The monoisotopic (exact) mass is 330 g/mol. The van der Waals surface area contributed by atoms with Gasteiger partial charge in [0, 0.05) is 12.5 Å². The van der Waals surface area contributed by atoms with Crippen molar-refractivity contribution in [3.8, 4) is 0 Å². The Kier molecular flexibility index (Phi) is 4.29. The van der Waals surface area contributed by atoms with E-state index in [2.05, 4.69) is 10.2 Å². The number of allylic oxidation sites excluding steroid dienone is 1. The van der Waals surface area contributed by atoms with Crippen LogP contribution in [0.3, 0.4) is 0 Å². The summed E-state index contributed by atoms with van der Waals surface area (Å²) in [6.07, 6.45) is 1.50. The number of aliphatic hydroxyl groups excluding tert-OH is 1. The van der Waals surface area contributed by atoms with Gasteiger partial charge in [0.1, 0.15) is 17.1 Å². The van der Waals surface area contributed by atoms with Crippen molar-refractivity contribution in [3.63, 3.8) is 0 Å². The quantitative estimate of drug-likeness (QED) is 0.439. The van der Waals surface area contributed by atoms with Gasteiger partial charge in [0.2, 0.25) is 5.78 Å². The second-order valence-corrected chi connectivity index (χ2v) is 5.54. The first-order valence-electron chi connectivity index (χ1n) is 6.66. The van der Waals surface area contributed by atoms with Crippen LogP contribution in [-0.2, 0) is 6.42 Å². The minimum Gasteiger partial charge on any atom is -0.504 e. The number of benzene rings is 1. The Bertz CT molecular complexity index is 839. The fourth-order valence-electron chi connectivity index (χ4n) is 1.95. The van der Waals surface area contributed by atoms with Crippen LogP contribution in [0.4, 0.5) is 4.39 Å². The zero-order chi connectivity index (χ0) is 16.2. The smallest absolute Gasteiger partial charge is 0.220 e. The van der Waals surface area contributed by atoms with E-state index in [4.69, 9.17) is 4.42 Å². The molecule has 1 N–H and O–H groups in total. The molecule has 0 saturated heterocycles. The van der Waals surface area contributed by atoms with Gasteiger partial charge in [-0.25, -0.2) is 4.39 Å². The number of hydrogen-bond donors (Lipinski definition) is 1. The number of halogens is 1. The van der Waals surface area contributed by atoms with Gasteiger partial charge in [-0.15, -0.1) is 10.2 Å². The summed E-state index contributed by atoms with van der Waals surface area (Å²) in [5.41, 5.74) is 2.31. The number of carbonyl (C=O) groups excluding carboxylic acids is 1. The highest BCUT2D eigenvalue weighted by Gasteiger charge is 2.12. The standard InChI is InChI=1S/C16H11FN2O3S/c17-11-3-1-10(2-4-11)7-12-5-6-15(22-12)13(20)8-14(21)16-19-18-9-23-16/h1-6,8-9,20H,7H2. The number of ketones is 1. The first-order chi connectivity index (χ1) is 11.1. The Labute approximate surface area is 134 Å². The molecule has 2 aromatic heterocycles. The van der Waals surface area contributed by atoms with Crippen LogP contribution in [0.2, 0.25) is 0 Å². The van der Waals surface area contributed by atoms with E-state index in [1.165, 1.54) is 17.6 Å². The SMILES string of the molecule is O=C(C=C(O)c1ccc(Cc2ccc(F)cc2)o1)c1nncs1. The fourth-order valence-corrected chi connectivity index (χ4v) is 2.41. The summed E-state index contributed by atoms with van der Waals surface area (Å²) in [6.45, 7) is 0. The molecule has 1 aromatic carbocycles. The van der Waals surface area contributed by atoms with Gasteiger partial charge < -0.3 is 9.52 Å². The molecule has 0 atom stereocenters. The van der Waals surface area contributed by atoms with Crippen LogP contribution in [0.25, 0.3) is 5.76 Å². The molecule has 0 fully saturated rings. The summed E-state index contributed by atoms with van der Waals surface area (Å²) < 4.78 is 18.4. The molecule has 0 aliphatic rings. The van der Waals surface area contributed by atoms with Crippen LogP contribution in [-0.4, -0.2) is 21.1 Å². The molecule has 3 aromatic rings. The van der Waals surface area contributed by atoms with E-state index >= 15 is 0 Å². The van der Waals surface area contributed by atoms with Crippen molar-refractivity contribution in [1.29, 1.82) is 0 Å². The first kappa shape index (κ1) is 15.1. The molecule has 5 nitrogen and oxygen atoms in total. The van der Waals surface area contributed by atoms with E-state index in [-0.39, 0.29) is 22.3 Å². The highest BCUT2D eigenvalue weighted by Crippen LogP contribution is 2.19. The Morgan fingerprint density at radius 3 is 2.74 bits per heavy atom. The van der Waals surface area contributed by atoms with E-state index in [1.54, 1.807) is 24.3 Å². The van der Waals surface area contributed by atoms with Gasteiger partial charge in [-0.1, -0.05) is 23.5 Å². The van der Waals surface area contributed by atoms with Gasteiger partial charge in [0.25, 0.3) is 0 Å². The number of aromatic nitrogens is 2. The van der Waals surface area contributed by atoms with Crippen molar-refractivity contribution in [2.75, 3.05) is 0 Å². The summed E-state index contributed by atoms with van der Waals surface area (Å²) >= 11 is 1.09. The predicted octanol–water partition coefficient (Wildman–Crippen LogP) is 3.64. The first-order valence-corrected chi connectivity index (χ1v) is 7.54. The summed E-state index contributed by atoms with van der Waals surface area (Å²) in [4.78, 5) is 11.8. The second-order valence-electron chi connectivity index (χ2n) is 4.71. The van der Waals surface area contributed by atoms with Crippen molar-refractivity contribution >= 4 is 22.9 Å². The van der Waals surface area contributed by atoms with Gasteiger partial charge >= 0.3 is 0 Å². The van der Waals surface area contributed by atoms with Crippen molar-refractivity contribution in [1.82, 2.24) is 10.2 Å². The molecule has 0 amide bonds. The number of carbonyl (C=O) groups is 1. The average Bonchev–Trinajstić information content (AvgIpc) is 3.21. The highest BCUT2D eigenvalue weighted by atomic mass is 32.1. The van der Waals surface area contributed by atoms with Crippen LogP contribution >= 0.6 is 11.3 Å². The molecule has 0 aliphatic carbocycles. The predicted molar refractivity (Wildman–Crippen MR) is 82.8 cm³/mol. The topological polar surface area (TPSA) is 76.2 Å². The molecular weight excluding hydrogens is 319 g/mol. The van der Waals surface area contributed by atoms with Gasteiger partial charge in [0.15, 0.2) is 16.5 Å². The molecule has 0 radical (unpaired) electrons. The molecule has 0 bridgehead atoms. The van der Waals surface area contributed by atoms with E-state index in [0.29, 0.717) is 12.2 Å². The van der Waals surface area contributed by atoms with E-state index in [0.717, 1.165) is 23.0 Å². The Morgan fingerprint density at radius 2 is 2.04 bits per heavy atom. The second kappa shape index (κ2) is 6.53. The molecule has 0 saturated carbocycles. The van der Waals surface area contributed by atoms with Crippen LogP contribution in [0.1, 0.15) is 26.9 Å². The average molecular weight is 330 g/mol. The maximum Gasteiger partial charge on any atom is 0.220 e. The van der Waals surface area contributed by atoms with Gasteiger partial charge in [0.05, 0.1) is 0 Å². The van der Waals surface area contributed by atoms with Crippen molar-refractivity contribution in [2.24, 2.45) is 0 Å². The zero-order valence-corrected chi connectivity index (χ0v) is 12.6. The minimum atomic E-state index is -0.443. The minimum absolute atomic E-state index is 0.181. The summed E-state index contributed by atoms with van der Waals surface area (Å²) in [5, 5.41) is 17.3. The van der Waals surface area contributed by atoms with Crippen molar-refractivity contribution in [2.45, 2.75) is 6.42 Å². The molecule has 0 spiro atoms. The van der Waals surface area contributed by atoms with Crippen molar-refractivity contribution in [3.05, 3.63) is 75.9 Å². The number of furan rings is 1. The molecule has 7 heteroatoms. The fraction of sp³-hybridized carbons (Fsp3) is 0.0625. The van der Waals surface area contributed by atoms with Crippen LogP contribution in [0.5, 0.6) is 0 Å². The summed E-state index contributed by atoms with van der Waals surface area (Å²) in [5.74, 6) is -0.253.